The summed E-state index contributed by atoms with van der Waals surface area (Å²) < 4.78 is 10.1. The maximum absolute atomic E-state index is 12.9. The third-order valence-corrected chi connectivity index (χ3v) is 18.6. The average molecular weight is 1410 g/mol. The molecule has 15 rings (SSSR count). The number of likely N-dealkylation sites (tertiary alicyclic amines) is 1. The predicted octanol–water partition coefficient (Wildman–Crippen LogP) is 9.96. The van der Waals surface area contributed by atoms with Crippen molar-refractivity contribution in [3.05, 3.63) is 269 Å². The van der Waals surface area contributed by atoms with Gasteiger partial charge in [0, 0.05) is 120 Å². The van der Waals surface area contributed by atoms with E-state index in [2.05, 4.69) is 40.8 Å². The van der Waals surface area contributed by atoms with Gasteiger partial charge in [0.15, 0.2) is 6.04 Å². The number of fused-ring (bicyclic) bond motifs is 12. The second-order valence-corrected chi connectivity index (χ2v) is 25.6. The maximum Gasteiger partial charge on any atom is 0.330 e. The molecule has 24 nitrogen and oxygen atoms in total. The smallest absolute Gasteiger partial charge is 0.330 e. The summed E-state index contributed by atoms with van der Waals surface area (Å²) in [6, 6.07) is 55.7. The van der Waals surface area contributed by atoms with Gasteiger partial charge in [-0.1, -0.05) is 141 Å². The van der Waals surface area contributed by atoms with Crippen LogP contribution >= 0.6 is 0 Å². The van der Waals surface area contributed by atoms with Crippen LogP contribution in [-0.4, -0.2) is 147 Å². The minimum atomic E-state index is -1.17. The van der Waals surface area contributed by atoms with E-state index in [0.717, 1.165) is 82.4 Å². The second-order valence-electron chi connectivity index (χ2n) is 25.6. The van der Waals surface area contributed by atoms with Crippen molar-refractivity contribution in [2.24, 2.45) is 5.92 Å². The number of pyridine rings is 4. The quantitative estimate of drug-likeness (QED) is 0.0361. The molecule has 13 aromatic rings. The van der Waals surface area contributed by atoms with Gasteiger partial charge in [-0.25, -0.2) is 14.4 Å². The number of H-pyrrole nitrogens is 4. The fraction of sp³-hybridized carbons (Fsp3) is 0.198. The maximum atomic E-state index is 12.9. The molecule has 24 heteroatoms. The van der Waals surface area contributed by atoms with Crippen molar-refractivity contribution in [2.75, 3.05) is 53.0 Å². The number of hydrogen-bond donors (Lipinski definition) is 9. The molecule has 0 spiro atoms. The number of aliphatic carboxylic acids is 2. The van der Waals surface area contributed by atoms with Gasteiger partial charge in [0.05, 0.1) is 20.3 Å². The summed E-state index contributed by atoms with van der Waals surface area (Å²) in [5, 5.41) is 35.9. The van der Waals surface area contributed by atoms with Crippen LogP contribution in [0.1, 0.15) is 79.7 Å². The van der Waals surface area contributed by atoms with Gasteiger partial charge >= 0.3 is 17.9 Å². The minimum absolute atomic E-state index is 0.130. The lowest BCUT2D eigenvalue weighted by Crippen LogP contribution is -2.44. The third-order valence-electron chi connectivity index (χ3n) is 18.6. The molecule has 9 N–H and O–H groups in total. The van der Waals surface area contributed by atoms with Gasteiger partial charge < -0.3 is 60.5 Å². The molecule has 0 saturated carbocycles. The van der Waals surface area contributed by atoms with E-state index in [-0.39, 0.29) is 45.5 Å². The molecule has 2 fully saturated rings. The Morgan fingerprint density at radius 3 is 1.25 bits per heavy atom. The molecule has 3 atom stereocenters. The van der Waals surface area contributed by atoms with Crippen LogP contribution in [0.5, 0.6) is 0 Å². The Morgan fingerprint density at radius 1 is 0.467 bits per heavy atom. The number of carboxylic acids is 2. The summed E-state index contributed by atoms with van der Waals surface area (Å²) in [6.45, 7) is 8.67. The van der Waals surface area contributed by atoms with Gasteiger partial charge in [-0.05, 0) is 119 Å². The normalized spacial score (nSPS) is 14.2. The van der Waals surface area contributed by atoms with Crippen LogP contribution in [0.15, 0.2) is 219 Å². The van der Waals surface area contributed by atoms with Crippen LogP contribution in [-0.2, 0) is 23.9 Å². The summed E-state index contributed by atoms with van der Waals surface area (Å²) >= 11 is 0. The van der Waals surface area contributed by atoms with E-state index in [0.29, 0.717) is 85.4 Å². The first-order valence-corrected chi connectivity index (χ1v) is 34.0. The zero-order valence-corrected chi connectivity index (χ0v) is 57.3. The van der Waals surface area contributed by atoms with Crippen LogP contribution in [0.3, 0.4) is 0 Å². The number of rotatable bonds is 14. The van der Waals surface area contributed by atoms with E-state index < -0.39 is 47.8 Å². The van der Waals surface area contributed by atoms with Gasteiger partial charge in [-0.2, -0.15) is 0 Å². The molecule has 9 aromatic carbocycles. The summed E-state index contributed by atoms with van der Waals surface area (Å²) in [5.41, 5.74) is 3.56. The minimum Gasteiger partial charge on any atom is -0.480 e. The number of morpholine rings is 1. The number of amides is 4. The molecule has 532 valence electrons. The predicted molar refractivity (Wildman–Crippen MR) is 402 cm³/mol. The summed E-state index contributed by atoms with van der Waals surface area (Å²) in [7, 11) is 1.33. The highest BCUT2D eigenvalue weighted by atomic mass is 16.5. The lowest BCUT2D eigenvalue weighted by atomic mass is 10.0. The van der Waals surface area contributed by atoms with Crippen LogP contribution in [0.4, 0.5) is 0 Å². The molecule has 0 radical (unpaired) electrons. The molecule has 0 bridgehead atoms. The molecule has 0 aliphatic carbocycles. The van der Waals surface area contributed by atoms with Crippen molar-refractivity contribution in [1.82, 2.24) is 45.7 Å². The largest absolute Gasteiger partial charge is 0.480 e. The monoisotopic (exact) mass is 1410 g/mol. The number of nitrogens with one attached hydrogen (secondary N) is 7. The van der Waals surface area contributed by atoms with Crippen molar-refractivity contribution in [3.63, 3.8) is 0 Å². The highest BCUT2D eigenvalue weighted by Gasteiger charge is 2.35. The summed E-state index contributed by atoms with van der Waals surface area (Å²) in [5.74, 6) is -4.25. The SMILES string of the molecule is CC(C)[C@H](NC(=O)c1ccc2c(c1)[nH]c(=O)c1ccccc12)C(=O)O.COC(=O)[C@@H]1CCCN1C(=O)c1ccc2c(c1)[nH]c(=O)c1ccccc12.O=C(NCCN1CCOCC1)c1ccc2c(c1)[nH]c(=O)c1ccccc12.O=C(N[C@H](C(=O)O)c1ccccc1)c1ccc2c(c1)[nH]c(=O)c1ccccc12. The highest BCUT2D eigenvalue weighted by Crippen LogP contribution is 2.29. The number of ether oxygens (including phenoxy) is 2. The Balaban J connectivity index is 0.000000132. The lowest BCUT2D eigenvalue weighted by molar-refractivity contribution is -0.145. The van der Waals surface area contributed by atoms with Crippen LogP contribution < -0.4 is 38.2 Å². The molecule has 2 aliphatic rings. The van der Waals surface area contributed by atoms with Gasteiger partial charge in [0.25, 0.3) is 45.9 Å². The average Bonchev–Trinajstić information content (AvgIpc) is 1.11. The zero-order chi connectivity index (χ0) is 74.0. The molecule has 2 saturated heterocycles. The van der Waals surface area contributed by atoms with Crippen LogP contribution in [0.2, 0.25) is 0 Å². The molecular weight excluding hydrogens is 1340 g/mol. The Hall–Kier alpha value is -12.9. The Morgan fingerprint density at radius 2 is 0.848 bits per heavy atom. The van der Waals surface area contributed by atoms with Gasteiger partial charge in [-0.15, -0.1) is 0 Å². The number of carbonyl (C=O) groups is 7. The number of aromatic amines is 4. The number of hydrogen-bond acceptors (Lipinski definition) is 14. The van der Waals surface area contributed by atoms with Crippen molar-refractivity contribution in [2.45, 2.75) is 44.8 Å². The molecule has 4 amide bonds. The molecular formula is C81H73N9O15. The molecule has 105 heavy (non-hydrogen) atoms. The number of carbonyl (C=O) groups excluding carboxylic acids is 5. The van der Waals surface area contributed by atoms with E-state index in [4.69, 9.17) is 9.47 Å². The molecule has 2 aliphatic heterocycles. The van der Waals surface area contributed by atoms with Gasteiger partial charge in [0.1, 0.15) is 12.1 Å². The number of methoxy groups -OCH3 is 1. The first kappa shape index (κ1) is 71.9. The van der Waals surface area contributed by atoms with Gasteiger partial charge in [-0.3, -0.25) is 43.3 Å². The first-order valence-electron chi connectivity index (χ1n) is 34.0. The van der Waals surface area contributed by atoms with E-state index in [1.165, 1.54) is 7.11 Å². The van der Waals surface area contributed by atoms with Gasteiger partial charge in [0.2, 0.25) is 0 Å². The number of nitrogens with zero attached hydrogens (tertiary/aromatic N) is 2. The third kappa shape index (κ3) is 15.9. The standard InChI is InChI=1S/C22H16N2O4.C20H21N3O3.C20H18N2O4.C19H18N2O4/c25-20(24-19(22(27)28)13-6-2-1-3-7-13)14-10-11-16-15-8-4-5-9-17(15)21(26)23-18(16)12-14;24-19(21-7-8-23-9-11-26-12-10-23)14-5-6-16-15-3-1-2-4-17(15)20(25)22-18(16)13-14;1-26-20(25)17-7-4-10-22(17)19(24)12-8-9-14-13-5-2-3-6-15(13)18(23)21-16(14)11-12;1-10(2)16(19(24)25)21-17(22)11-7-8-13-12-5-3-4-6-14(12)18(23)20-15(13)9-11/h1-12,19H,(H,23,26)(H,24,25)(H,27,28);1-6,13H,7-12H2,(H,21,24)(H,22,25);2-3,5-6,8-9,11,17H,4,7,10H2,1H3,(H,21,23);3-10,16H,1-2H3,(H,20,23)(H,21,22)(H,24,25)/t19-;;17-;16-/m0.00/s1. The highest BCUT2D eigenvalue weighted by molar-refractivity contribution is 6.12. The van der Waals surface area contributed by atoms with Crippen molar-refractivity contribution < 1.29 is 53.2 Å². The van der Waals surface area contributed by atoms with E-state index in [9.17, 15) is 63.0 Å². The topological polar surface area (TPSA) is 352 Å². The number of aromatic nitrogens is 4. The first-order chi connectivity index (χ1) is 50.7. The van der Waals surface area contributed by atoms with Crippen molar-refractivity contribution in [3.8, 4) is 0 Å². The molecule has 6 heterocycles. The molecule has 0 unspecified atom stereocenters. The fourth-order valence-electron chi connectivity index (χ4n) is 13.2. The van der Waals surface area contributed by atoms with Crippen molar-refractivity contribution in [1.29, 1.82) is 0 Å². The van der Waals surface area contributed by atoms with Crippen LogP contribution in [0.25, 0.3) is 86.7 Å². The number of esters is 1. The second kappa shape index (κ2) is 31.9. The van der Waals surface area contributed by atoms with Crippen molar-refractivity contribution >= 4 is 128 Å². The van der Waals surface area contributed by atoms with E-state index >= 15 is 0 Å². The lowest BCUT2D eigenvalue weighted by Gasteiger charge is -2.26. The summed E-state index contributed by atoms with van der Waals surface area (Å²) in [4.78, 5) is 149. The number of benzene rings is 9. The van der Waals surface area contributed by atoms with E-state index in [1.807, 2.05) is 72.8 Å². The Bertz CT molecular complexity index is 5810. The summed E-state index contributed by atoms with van der Waals surface area (Å²) in [6.07, 6.45) is 1.37. The Kier molecular flexibility index (Phi) is 21.9. The Labute approximate surface area is 597 Å². The number of carboxylic acid groups (broad SMARTS) is 2. The molecule has 4 aromatic heterocycles. The zero-order valence-electron chi connectivity index (χ0n) is 57.3. The van der Waals surface area contributed by atoms with E-state index in [1.54, 1.807) is 146 Å². The van der Waals surface area contributed by atoms with Crippen LogP contribution in [0, 0.1) is 5.92 Å². The fourth-order valence-corrected chi connectivity index (χ4v) is 13.2.